The maximum Gasteiger partial charge on any atom is 0.231 e. The molecule has 0 spiro atoms. The molecule has 2 aromatic carbocycles. The van der Waals surface area contributed by atoms with E-state index in [2.05, 4.69) is 5.32 Å². The van der Waals surface area contributed by atoms with E-state index in [1.54, 1.807) is 43.5 Å². The molecule has 1 N–H and O–H groups in total. The van der Waals surface area contributed by atoms with Gasteiger partial charge in [-0.3, -0.25) is 9.59 Å². The largest absolute Gasteiger partial charge is 0.385 e. The fraction of sp³-hybridized carbons (Fsp3) is 0.333. The first-order chi connectivity index (χ1) is 14.1. The molecule has 1 fully saturated rings. The molecule has 160 valence electrons. The first kappa shape index (κ1) is 23.6. The summed E-state index contributed by atoms with van der Waals surface area (Å²) >= 11 is 31.0. The Morgan fingerprint density at radius 1 is 1.07 bits per heavy atom. The smallest absolute Gasteiger partial charge is 0.231 e. The molecule has 0 aliphatic heterocycles. The first-order valence-electron chi connectivity index (χ1n) is 9.11. The van der Waals surface area contributed by atoms with Gasteiger partial charge < -0.3 is 10.1 Å². The molecule has 0 saturated heterocycles. The van der Waals surface area contributed by atoms with Gasteiger partial charge in [0.15, 0.2) is 5.78 Å². The minimum atomic E-state index is -1.29. The third-order valence-corrected chi connectivity index (χ3v) is 6.57. The van der Waals surface area contributed by atoms with Crippen molar-refractivity contribution in [3.05, 3.63) is 62.6 Å². The van der Waals surface area contributed by atoms with Crippen LogP contribution >= 0.6 is 58.0 Å². The topological polar surface area (TPSA) is 55.4 Å². The minimum Gasteiger partial charge on any atom is -0.385 e. The van der Waals surface area contributed by atoms with Gasteiger partial charge in [-0.05, 0) is 48.4 Å². The lowest BCUT2D eigenvalue weighted by Crippen LogP contribution is -2.17. The predicted molar refractivity (Wildman–Crippen MR) is 123 cm³/mol. The van der Waals surface area contributed by atoms with Crippen LogP contribution in [0.4, 0.5) is 5.69 Å². The molecule has 0 radical (unpaired) electrons. The zero-order valence-corrected chi connectivity index (χ0v) is 19.6. The number of amides is 1. The summed E-state index contributed by atoms with van der Waals surface area (Å²) in [5.41, 5.74) is 1.45. The van der Waals surface area contributed by atoms with E-state index in [-0.39, 0.29) is 18.1 Å². The summed E-state index contributed by atoms with van der Waals surface area (Å²) in [5, 5.41) is 3.95. The SMILES string of the molecule is COCCCC(=O)c1cc(NC(=O)C2C(c3cc(Cl)cc(Cl)c3)C2(Cl)Cl)ccc1Cl. The summed E-state index contributed by atoms with van der Waals surface area (Å²) in [6.07, 6.45) is 0.868. The Morgan fingerprint density at radius 2 is 1.73 bits per heavy atom. The second-order valence-corrected chi connectivity index (χ2v) is 9.76. The summed E-state index contributed by atoms with van der Waals surface area (Å²) in [6, 6.07) is 9.69. The molecule has 1 aliphatic rings. The highest BCUT2D eigenvalue weighted by molar-refractivity contribution is 6.53. The predicted octanol–water partition coefficient (Wildman–Crippen LogP) is 6.78. The van der Waals surface area contributed by atoms with Gasteiger partial charge in [0.2, 0.25) is 5.91 Å². The quantitative estimate of drug-likeness (QED) is 0.242. The number of benzene rings is 2. The number of carbonyl (C=O) groups excluding carboxylic acids is 2. The molecule has 9 heteroatoms. The zero-order valence-electron chi connectivity index (χ0n) is 15.9. The Labute approximate surface area is 199 Å². The van der Waals surface area contributed by atoms with Crippen molar-refractivity contribution in [2.24, 2.45) is 5.92 Å². The normalized spacial score (nSPS) is 19.4. The summed E-state index contributed by atoms with van der Waals surface area (Å²) < 4.78 is 3.68. The Morgan fingerprint density at radius 3 is 2.37 bits per heavy atom. The van der Waals surface area contributed by atoms with E-state index in [0.29, 0.717) is 44.9 Å². The number of ketones is 1. The highest BCUT2D eigenvalue weighted by Gasteiger charge is 2.67. The van der Waals surface area contributed by atoms with Crippen LogP contribution in [0.15, 0.2) is 36.4 Å². The zero-order chi connectivity index (χ0) is 22.1. The van der Waals surface area contributed by atoms with Gasteiger partial charge in [0, 0.05) is 47.4 Å². The Kier molecular flexibility index (Phi) is 7.60. The average molecular weight is 510 g/mol. The molecule has 2 unspecified atom stereocenters. The second kappa shape index (κ2) is 9.64. The highest BCUT2D eigenvalue weighted by Crippen LogP contribution is 2.65. The maximum absolute atomic E-state index is 12.8. The van der Waals surface area contributed by atoms with Crippen molar-refractivity contribution < 1.29 is 14.3 Å². The van der Waals surface area contributed by atoms with Crippen molar-refractivity contribution in [1.82, 2.24) is 0 Å². The van der Waals surface area contributed by atoms with Crippen LogP contribution in [0.2, 0.25) is 15.1 Å². The van der Waals surface area contributed by atoms with Crippen LogP contribution in [0.25, 0.3) is 0 Å². The van der Waals surface area contributed by atoms with Gasteiger partial charge in [-0.25, -0.2) is 0 Å². The number of Topliss-reactive ketones (excluding diaryl/α,β-unsaturated/α-hetero) is 1. The van der Waals surface area contributed by atoms with Crippen molar-refractivity contribution in [3.63, 3.8) is 0 Å². The highest BCUT2D eigenvalue weighted by atomic mass is 35.5. The van der Waals surface area contributed by atoms with E-state index in [1.165, 1.54) is 0 Å². The monoisotopic (exact) mass is 507 g/mol. The molecule has 2 atom stereocenters. The van der Waals surface area contributed by atoms with Gasteiger partial charge in [-0.2, -0.15) is 0 Å². The Hall–Kier alpha value is -1.01. The van der Waals surface area contributed by atoms with Gasteiger partial charge >= 0.3 is 0 Å². The number of alkyl halides is 2. The Balaban J connectivity index is 1.74. The lowest BCUT2D eigenvalue weighted by molar-refractivity contribution is -0.117. The number of carbonyl (C=O) groups is 2. The fourth-order valence-electron chi connectivity index (χ4n) is 3.37. The number of hydrogen-bond donors (Lipinski definition) is 1. The van der Waals surface area contributed by atoms with E-state index in [1.807, 2.05) is 0 Å². The second-order valence-electron chi connectivity index (χ2n) is 7.04. The summed E-state index contributed by atoms with van der Waals surface area (Å²) in [7, 11) is 1.57. The molecule has 1 aliphatic carbocycles. The molecule has 0 aromatic heterocycles. The van der Waals surface area contributed by atoms with E-state index in [9.17, 15) is 9.59 Å². The van der Waals surface area contributed by atoms with Crippen LogP contribution in [0.3, 0.4) is 0 Å². The van der Waals surface area contributed by atoms with Crippen LogP contribution in [0, 0.1) is 5.92 Å². The molecule has 3 rings (SSSR count). The van der Waals surface area contributed by atoms with Gasteiger partial charge in [0.05, 0.1) is 10.9 Å². The average Bonchev–Trinajstić information content (AvgIpc) is 3.25. The lowest BCUT2D eigenvalue weighted by atomic mass is 10.1. The molecular weight excluding hydrogens is 492 g/mol. The molecule has 1 saturated carbocycles. The van der Waals surface area contributed by atoms with Crippen molar-refractivity contribution in [3.8, 4) is 0 Å². The number of ether oxygens (including phenoxy) is 1. The molecule has 2 aromatic rings. The van der Waals surface area contributed by atoms with Crippen molar-refractivity contribution in [2.75, 3.05) is 19.0 Å². The fourth-order valence-corrected chi connectivity index (χ4v) is 4.96. The molecule has 1 amide bonds. The van der Waals surface area contributed by atoms with Crippen molar-refractivity contribution in [2.45, 2.75) is 23.1 Å². The minimum absolute atomic E-state index is 0.130. The molecule has 0 bridgehead atoms. The molecule has 30 heavy (non-hydrogen) atoms. The van der Waals surface area contributed by atoms with Gasteiger partial charge in [0.25, 0.3) is 0 Å². The third-order valence-electron chi connectivity index (χ3n) is 4.87. The van der Waals surface area contributed by atoms with E-state index >= 15 is 0 Å². The molecular formula is C21H18Cl5NO3. The maximum atomic E-state index is 12.8. The van der Waals surface area contributed by atoms with Crippen LogP contribution in [0.5, 0.6) is 0 Å². The van der Waals surface area contributed by atoms with Crippen LogP contribution in [-0.4, -0.2) is 29.7 Å². The van der Waals surface area contributed by atoms with E-state index < -0.39 is 16.2 Å². The first-order valence-corrected chi connectivity index (χ1v) is 11.0. The number of rotatable bonds is 8. The number of halogens is 5. The van der Waals surface area contributed by atoms with Gasteiger partial charge in [-0.1, -0.05) is 34.8 Å². The third kappa shape index (κ3) is 5.24. The standard InChI is InChI=1S/C21H18Cl5NO3/c1-30-6-2-3-17(28)15-10-14(4-5-16(15)24)27-20(29)19-18(21(19,25)26)11-7-12(22)9-13(23)8-11/h4-5,7-10,18-19H,2-3,6H2,1H3,(H,27,29). The number of hydrogen-bond acceptors (Lipinski definition) is 3. The van der Waals surface area contributed by atoms with Gasteiger partial charge in [0.1, 0.15) is 4.33 Å². The van der Waals surface area contributed by atoms with Crippen molar-refractivity contribution >= 4 is 75.4 Å². The summed E-state index contributed by atoms with van der Waals surface area (Å²) in [6.45, 7) is 0.476. The van der Waals surface area contributed by atoms with E-state index in [4.69, 9.17) is 62.7 Å². The summed E-state index contributed by atoms with van der Waals surface area (Å²) in [5.74, 6) is -1.66. The van der Waals surface area contributed by atoms with Gasteiger partial charge in [-0.15, -0.1) is 23.2 Å². The Bertz CT molecular complexity index is 959. The van der Waals surface area contributed by atoms with Crippen LogP contribution in [0.1, 0.15) is 34.7 Å². The molecule has 0 heterocycles. The van der Waals surface area contributed by atoms with Crippen molar-refractivity contribution in [1.29, 1.82) is 0 Å². The number of nitrogens with one attached hydrogen (secondary N) is 1. The molecule has 4 nitrogen and oxygen atoms in total. The number of anilines is 1. The van der Waals surface area contributed by atoms with Crippen LogP contribution in [-0.2, 0) is 9.53 Å². The van der Waals surface area contributed by atoms with Crippen LogP contribution < -0.4 is 5.32 Å². The van der Waals surface area contributed by atoms with E-state index in [0.717, 1.165) is 0 Å². The summed E-state index contributed by atoms with van der Waals surface area (Å²) in [4.78, 5) is 25.2. The lowest BCUT2D eigenvalue weighted by Gasteiger charge is -2.09. The number of methoxy groups -OCH3 is 1.